The Morgan fingerprint density at radius 2 is 1.09 bits per heavy atom. The molecule has 5 N–H and O–H groups in total. The van der Waals surface area contributed by atoms with Gasteiger partial charge in [0.1, 0.15) is 5.60 Å². The van der Waals surface area contributed by atoms with Crippen LogP contribution in [-0.2, 0) is 23.8 Å². The van der Waals surface area contributed by atoms with Crippen molar-refractivity contribution in [3.05, 3.63) is 59.7 Å². The zero-order valence-electron chi connectivity index (χ0n) is 25.6. The van der Waals surface area contributed by atoms with E-state index in [-0.39, 0.29) is 23.8 Å². The highest BCUT2D eigenvalue weighted by atomic mass is 16.6. The van der Waals surface area contributed by atoms with Crippen LogP contribution in [0.5, 0.6) is 0 Å². The van der Waals surface area contributed by atoms with E-state index in [9.17, 15) is 24.0 Å². The number of hydrogen-bond acceptors (Lipinski definition) is 9. The molecule has 0 aliphatic rings. The third-order valence-corrected chi connectivity index (χ3v) is 5.61. The van der Waals surface area contributed by atoms with E-state index in [0.717, 1.165) is 6.42 Å². The predicted octanol–water partition coefficient (Wildman–Crippen LogP) is 4.45. The first-order valence-electron chi connectivity index (χ1n) is 14.0. The van der Waals surface area contributed by atoms with E-state index in [1.807, 2.05) is 0 Å². The minimum atomic E-state index is -0.572. The van der Waals surface area contributed by atoms with Crippen molar-refractivity contribution in [1.29, 1.82) is 0 Å². The van der Waals surface area contributed by atoms with Crippen LogP contribution in [-0.4, -0.2) is 62.8 Å². The molecular formula is C31H44N4O8. The van der Waals surface area contributed by atoms with Crippen LogP contribution in [0.25, 0.3) is 0 Å². The van der Waals surface area contributed by atoms with Crippen LogP contribution in [0.4, 0.5) is 16.2 Å². The fourth-order valence-corrected chi connectivity index (χ4v) is 3.36. The molecule has 0 aliphatic heterocycles. The van der Waals surface area contributed by atoms with Crippen molar-refractivity contribution in [2.75, 3.05) is 38.4 Å². The predicted molar refractivity (Wildman–Crippen MR) is 164 cm³/mol. The quantitative estimate of drug-likeness (QED) is 0.112. The number of nitrogen functional groups attached to an aromatic ring is 1. The number of unbranched alkanes of at least 4 members (excludes halogenated alkanes) is 2. The topological polar surface area (TPSA) is 175 Å². The molecule has 0 aromatic heterocycles. The maximum atomic E-state index is 12.0. The minimum Gasteiger partial charge on any atom is -0.469 e. The summed E-state index contributed by atoms with van der Waals surface area (Å²) < 4.78 is 14.2. The first kappa shape index (κ1) is 36.4. The summed E-state index contributed by atoms with van der Waals surface area (Å²) >= 11 is 0. The lowest BCUT2D eigenvalue weighted by atomic mass is 10.2. The zero-order valence-corrected chi connectivity index (χ0v) is 25.6. The molecule has 0 heterocycles. The second-order valence-electron chi connectivity index (χ2n) is 10.4. The van der Waals surface area contributed by atoms with E-state index < -0.39 is 11.7 Å². The third-order valence-electron chi connectivity index (χ3n) is 5.61. The first-order valence-corrected chi connectivity index (χ1v) is 14.0. The molecule has 0 radical (unpaired) electrons. The number of amides is 3. The Bertz CT molecular complexity index is 1180. The molecule has 0 spiro atoms. The number of rotatable bonds is 13. The van der Waals surface area contributed by atoms with Gasteiger partial charge in [0, 0.05) is 48.4 Å². The Kier molecular flexibility index (Phi) is 16.5. The van der Waals surface area contributed by atoms with Gasteiger partial charge in [0.25, 0.3) is 11.8 Å². The molecule has 12 heteroatoms. The van der Waals surface area contributed by atoms with Crippen LogP contribution in [0.1, 0.15) is 80.0 Å². The molecular weight excluding hydrogens is 556 g/mol. The Balaban J connectivity index is 0.000000453. The van der Waals surface area contributed by atoms with Gasteiger partial charge in [0.15, 0.2) is 0 Å². The van der Waals surface area contributed by atoms with Crippen LogP contribution in [0.3, 0.4) is 0 Å². The van der Waals surface area contributed by atoms with Gasteiger partial charge in [-0.05, 0) is 95.0 Å². The highest BCUT2D eigenvalue weighted by molar-refractivity contribution is 5.95. The van der Waals surface area contributed by atoms with Crippen LogP contribution in [0, 0.1) is 0 Å². The van der Waals surface area contributed by atoms with Gasteiger partial charge in [-0.3, -0.25) is 24.5 Å². The van der Waals surface area contributed by atoms with E-state index in [2.05, 4.69) is 25.4 Å². The second kappa shape index (κ2) is 19.5. The molecule has 0 saturated carbocycles. The summed E-state index contributed by atoms with van der Waals surface area (Å²) in [6, 6.07) is 13.2. The van der Waals surface area contributed by atoms with Crippen molar-refractivity contribution >= 4 is 41.2 Å². The maximum Gasteiger partial charge on any atom is 0.412 e. The molecule has 2 rings (SSSR count). The van der Waals surface area contributed by atoms with Gasteiger partial charge in [0.2, 0.25) is 0 Å². The number of nitrogens with two attached hydrogens (primary N) is 1. The fraction of sp³-hybridized carbons (Fsp3) is 0.452. The van der Waals surface area contributed by atoms with Crippen molar-refractivity contribution in [2.45, 2.75) is 64.9 Å². The Labute approximate surface area is 253 Å². The van der Waals surface area contributed by atoms with E-state index in [1.165, 1.54) is 14.2 Å². The van der Waals surface area contributed by atoms with E-state index >= 15 is 0 Å². The largest absolute Gasteiger partial charge is 0.469 e. The van der Waals surface area contributed by atoms with Crippen LogP contribution in [0.15, 0.2) is 48.5 Å². The zero-order chi connectivity index (χ0) is 32.3. The van der Waals surface area contributed by atoms with Gasteiger partial charge >= 0.3 is 18.0 Å². The molecule has 3 amide bonds. The van der Waals surface area contributed by atoms with Crippen molar-refractivity contribution in [1.82, 2.24) is 10.6 Å². The number of methoxy groups -OCH3 is 2. The normalized spacial score (nSPS) is 10.3. The number of anilines is 2. The second-order valence-corrected chi connectivity index (χ2v) is 10.4. The summed E-state index contributed by atoms with van der Waals surface area (Å²) in [5, 5.41) is 8.16. The standard InChI is InChI=1S/C18H26N2O5.C13H18N2O3/c1-18(2,3)25-17(23)20-14-10-8-13(9-11-14)16(22)19-12-6-5-7-15(21)24-4;1-18-12(16)4-2-3-9-15-13(17)10-5-7-11(14)8-6-10/h8-11H,5-7,12H2,1-4H3,(H,19,22)(H,20,23);5-8H,2-4,9,14H2,1H3,(H,15,17). The lowest BCUT2D eigenvalue weighted by Crippen LogP contribution is -2.27. The molecule has 2 aromatic rings. The molecule has 12 nitrogen and oxygen atoms in total. The lowest BCUT2D eigenvalue weighted by Gasteiger charge is -2.19. The number of carbonyl (C=O) groups excluding carboxylic acids is 5. The molecule has 2 aromatic carbocycles. The number of esters is 2. The van der Waals surface area contributed by atoms with Crippen LogP contribution >= 0.6 is 0 Å². The summed E-state index contributed by atoms with van der Waals surface area (Å²) in [6.07, 6.45) is 2.98. The summed E-state index contributed by atoms with van der Waals surface area (Å²) in [7, 11) is 2.72. The van der Waals surface area contributed by atoms with E-state index in [0.29, 0.717) is 67.7 Å². The van der Waals surface area contributed by atoms with Gasteiger partial charge in [0.05, 0.1) is 14.2 Å². The number of benzene rings is 2. The lowest BCUT2D eigenvalue weighted by molar-refractivity contribution is -0.141. The molecule has 0 aliphatic carbocycles. The smallest absolute Gasteiger partial charge is 0.412 e. The summed E-state index contributed by atoms with van der Waals surface area (Å²) in [4.78, 5) is 57.2. The van der Waals surface area contributed by atoms with Crippen LogP contribution in [0.2, 0.25) is 0 Å². The average Bonchev–Trinajstić information content (AvgIpc) is 2.96. The van der Waals surface area contributed by atoms with Gasteiger partial charge in [-0.15, -0.1) is 0 Å². The van der Waals surface area contributed by atoms with Crippen molar-refractivity contribution in [2.24, 2.45) is 0 Å². The maximum absolute atomic E-state index is 12.0. The molecule has 0 atom stereocenters. The molecule has 0 bridgehead atoms. The van der Waals surface area contributed by atoms with Gasteiger partial charge in [-0.1, -0.05) is 0 Å². The number of carbonyl (C=O) groups is 5. The van der Waals surface area contributed by atoms with Crippen molar-refractivity contribution in [3.63, 3.8) is 0 Å². The monoisotopic (exact) mass is 600 g/mol. The molecule has 0 saturated heterocycles. The first-order chi connectivity index (χ1) is 20.3. The van der Waals surface area contributed by atoms with Gasteiger partial charge in [-0.25, -0.2) is 4.79 Å². The van der Waals surface area contributed by atoms with Crippen molar-refractivity contribution in [3.8, 4) is 0 Å². The van der Waals surface area contributed by atoms with Crippen LogP contribution < -0.4 is 21.7 Å². The summed E-state index contributed by atoms with van der Waals surface area (Å²) in [6.45, 7) is 6.37. The number of ether oxygens (including phenoxy) is 3. The highest BCUT2D eigenvalue weighted by Gasteiger charge is 2.16. The Hall–Kier alpha value is -4.61. The van der Waals surface area contributed by atoms with Gasteiger partial charge < -0.3 is 30.6 Å². The van der Waals surface area contributed by atoms with Crippen molar-refractivity contribution < 1.29 is 38.2 Å². The average molecular weight is 601 g/mol. The third kappa shape index (κ3) is 17.1. The highest BCUT2D eigenvalue weighted by Crippen LogP contribution is 2.13. The summed E-state index contributed by atoms with van der Waals surface area (Å²) in [5.41, 5.74) is 7.20. The Morgan fingerprint density at radius 1 is 0.674 bits per heavy atom. The number of hydrogen-bond donors (Lipinski definition) is 4. The van der Waals surface area contributed by atoms with E-state index in [1.54, 1.807) is 69.3 Å². The summed E-state index contributed by atoms with van der Waals surface area (Å²) in [5.74, 6) is -0.811. The fourth-order valence-electron chi connectivity index (χ4n) is 3.36. The molecule has 43 heavy (non-hydrogen) atoms. The van der Waals surface area contributed by atoms with Gasteiger partial charge in [-0.2, -0.15) is 0 Å². The Morgan fingerprint density at radius 3 is 1.49 bits per heavy atom. The number of nitrogens with one attached hydrogen (secondary N) is 3. The van der Waals surface area contributed by atoms with E-state index in [4.69, 9.17) is 10.5 Å². The minimum absolute atomic E-state index is 0.131. The molecule has 0 fully saturated rings. The molecule has 0 unspecified atom stereocenters. The SMILES string of the molecule is COC(=O)CCCCNC(=O)c1ccc(N)cc1.COC(=O)CCCCNC(=O)c1ccc(NC(=O)OC(C)(C)C)cc1. The molecule has 236 valence electrons.